The van der Waals surface area contributed by atoms with E-state index in [4.69, 9.17) is 5.41 Å². The van der Waals surface area contributed by atoms with Crippen LogP contribution in [-0.2, 0) is 0 Å². The number of rotatable bonds is 2. The van der Waals surface area contributed by atoms with Crippen molar-refractivity contribution in [3.05, 3.63) is 48.6 Å². The van der Waals surface area contributed by atoms with Crippen LogP contribution in [0.1, 0.15) is 0 Å². The summed E-state index contributed by atoms with van der Waals surface area (Å²) in [4.78, 5) is 6.54. The van der Waals surface area contributed by atoms with Crippen molar-refractivity contribution in [1.29, 1.82) is 5.41 Å². The lowest BCUT2D eigenvalue weighted by Gasteiger charge is -2.11. The lowest BCUT2D eigenvalue weighted by Crippen LogP contribution is -2.07. The molecule has 0 atom stereocenters. The van der Waals surface area contributed by atoms with Gasteiger partial charge in [-0.2, -0.15) is 0 Å². The van der Waals surface area contributed by atoms with E-state index in [1.807, 2.05) is 50.5 Å². The third-order valence-corrected chi connectivity index (χ3v) is 2.49. The lowest BCUT2D eigenvalue weighted by atomic mass is 10.1. The average Bonchev–Trinajstić information content (AvgIpc) is 2.33. The van der Waals surface area contributed by atoms with Crippen molar-refractivity contribution in [2.75, 3.05) is 19.0 Å². The van der Waals surface area contributed by atoms with Gasteiger partial charge in [0.2, 0.25) is 0 Å². The van der Waals surface area contributed by atoms with Crippen LogP contribution in [-0.4, -0.2) is 25.5 Å². The predicted octanol–water partition coefficient (Wildman–Crippen LogP) is 2.97. The fourth-order valence-electron chi connectivity index (χ4n) is 1.51. The van der Waals surface area contributed by atoms with Gasteiger partial charge in [-0.3, -0.25) is 0 Å². The van der Waals surface area contributed by atoms with Crippen LogP contribution in [0.2, 0.25) is 0 Å². The van der Waals surface area contributed by atoms with Crippen molar-refractivity contribution >= 4 is 22.8 Å². The number of allylic oxidation sites excluding steroid dienone is 4. The van der Waals surface area contributed by atoms with Gasteiger partial charge in [-0.25, -0.2) is 4.99 Å². The second-order valence-electron chi connectivity index (χ2n) is 4.07. The third kappa shape index (κ3) is 2.91. The van der Waals surface area contributed by atoms with Gasteiger partial charge in [-0.15, -0.1) is 0 Å². The predicted molar refractivity (Wildman–Crippen MR) is 73.9 cm³/mol. The number of nitrogens with zero attached hydrogens (tertiary/aromatic N) is 2. The van der Waals surface area contributed by atoms with Gasteiger partial charge in [0.1, 0.15) is 0 Å². The molecule has 0 amide bonds. The number of hydrogen-bond donors (Lipinski definition) is 1. The Labute approximate surface area is 101 Å². The molecule has 0 aromatic heterocycles. The number of aliphatic imine (C=N–C) groups is 1. The second-order valence-corrected chi connectivity index (χ2v) is 4.07. The molecule has 3 nitrogen and oxygen atoms in total. The smallest absolute Gasteiger partial charge is 0.0638 e. The molecule has 17 heavy (non-hydrogen) atoms. The summed E-state index contributed by atoms with van der Waals surface area (Å²) >= 11 is 0. The number of nitrogens with one attached hydrogen (secondary N) is 1. The highest BCUT2D eigenvalue weighted by atomic mass is 15.1. The quantitative estimate of drug-likeness (QED) is 0.772. The fourth-order valence-corrected chi connectivity index (χ4v) is 1.51. The standard InChI is InChI=1S/C14H15N3/c1-17(2)14-9-7-13(8-10-14)16-12-5-3-11(15)4-6-12/h3-10,15H,1-2H3. The summed E-state index contributed by atoms with van der Waals surface area (Å²) in [6, 6.07) is 8.06. The Morgan fingerprint density at radius 3 is 2.06 bits per heavy atom. The molecule has 2 rings (SSSR count). The first-order valence-electron chi connectivity index (χ1n) is 5.46. The van der Waals surface area contributed by atoms with Gasteiger partial charge in [-0.05, 0) is 48.6 Å². The van der Waals surface area contributed by atoms with Crippen LogP contribution in [0.25, 0.3) is 0 Å². The molecule has 1 aromatic carbocycles. The Bertz CT molecular complexity index is 487. The van der Waals surface area contributed by atoms with E-state index in [-0.39, 0.29) is 0 Å². The molecule has 0 fully saturated rings. The van der Waals surface area contributed by atoms with Crippen LogP contribution < -0.4 is 4.90 Å². The summed E-state index contributed by atoms with van der Waals surface area (Å²) in [6.07, 6.45) is 7.18. The number of anilines is 1. The third-order valence-electron chi connectivity index (χ3n) is 2.49. The zero-order chi connectivity index (χ0) is 12.3. The van der Waals surface area contributed by atoms with Gasteiger partial charge in [0.05, 0.1) is 17.1 Å². The maximum absolute atomic E-state index is 7.40. The SMILES string of the molecule is CN(C)c1ccc(N=C2C=CC(=N)C=C2)cc1. The van der Waals surface area contributed by atoms with Gasteiger partial charge in [-0.1, -0.05) is 0 Å². The monoisotopic (exact) mass is 225 g/mol. The van der Waals surface area contributed by atoms with Crippen LogP contribution in [0.3, 0.4) is 0 Å². The van der Waals surface area contributed by atoms with Crippen molar-refractivity contribution < 1.29 is 0 Å². The van der Waals surface area contributed by atoms with Crippen molar-refractivity contribution in [3.8, 4) is 0 Å². The molecule has 1 aliphatic carbocycles. The van der Waals surface area contributed by atoms with E-state index in [0.29, 0.717) is 5.71 Å². The van der Waals surface area contributed by atoms with Crippen molar-refractivity contribution in [1.82, 2.24) is 0 Å². The minimum Gasteiger partial charge on any atom is -0.378 e. The molecule has 0 spiro atoms. The number of benzene rings is 1. The van der Waals surface area contributed by atoms with E-state index in [1.165, 1.54) is 0 Å². The molecule has 86 valence electrons. The molecule has 0 radical (unpaired) electrons. The van der Waals surface area contributed by atoms with Crippen LogP contribution in [0.4, 0.5) is 11.4 Å². The zero-order valence-electron chi connectivity index (χ0n) is 10.0. The van der Waals surface area contributed by atoms with Crippen LogP contribution in [0, 0.1) is 5.41 Å². The first-order valence-corrected chi connectivity index (χ1v) is 5.46. The van der Waals surface area contributed by atoms with Gasteiger partial charge < -0.3 is 10.3 Å². The summed E-state index contributed by atoms with van der Waals surface area (Å²) in [5.74, 6) is 0. The highest BCUT2D eigenvalue weighted by Crippen LogP contribution is 2.18. The van der Waals surface area contributed by atoms with Crippen molar-refractivity contribution in [3.63, 3.8) is 0 Å². The first-order chi connectivity index (χ1) is 8.15. The minimum atomic E-state index is 0.506. The van der Waals surface area contributed by atoms with Crippen LogP contribution in [0.5, 0.6) is 0 Å². The summed E-state index contributed by atoms with van der Waals surface area (Å²) in [7, 11) is 4.03. The zero-order valence-corrected chi connectivity index (χ0v) is 10.0. The van der Waals surface area contributed by atoms with E-state index in [1.54, 1.807) is 12.2 Å². The molecule has 1 aromatic rings. The van der Waals surface area contributed by atoms with Crippen LogP contribution >= 0.6 is 0 Å². The molecule has 0 saturated heterocycles. The first kappa shape index (κ1) is 11.3. The Kier molecular flexibility index (Phi) is 3.19. The van der Waals surface area contributed by atoms with Crippen LogP contribution in [0.15, 0.2) is 53.6 Å². The number of hydrogen-bond acceptors (Lipinski definition) is 3. The highest BCUT2D eigenvalue weighted by molar-refractivity contribution is 6.18. The van der Waals surface area contributed by atoms with Gasteiger partial charge in [0.25, 0.3) is 0 Å². The van der Waals surface area contributed by atoms with E-state index in [9.17, 15) is 0 Å². The Morgan fingerprint density at radius 1 is 0.941 bits per heavy atom. The lowest BCUT2D eigenvalue weighted by molar-refractivity contribution is 1.13. The highest BCUT2D eigenvalue weighted by Gasteiger charge is 1.98. The van der Waals surface area contributed by atoms with E-state index >= 15 is 0 Å². The summed E-state index contributed by atoms with van der Waals surface area (Å²) in [5.41, 5.74) is 3.46. The summed E-state index contributed by atoms with van der Waals surface area (Å²) in [6.45, 7) is 0. The van der Waals surface area contributed by atoms with Gasteiger partial charge in [0, 0.05) is 19.8 Å². The molecular formula is C14H15N3. The molecule has 3 heteroatoms. The summed E-state index contributed by atoms with van der Waals surface area (Å²) in [5, 5.41) is 7.40. The van der Waals surface area contributed by atoms with Gasteiger partial charge >= 0.3 is 0 Å². The second kappa shape index (κ2) is 4.78. The topological polar surface area (TPSA) is 39.5 Å². The Hall–Kier alpha value is -2.16. The molecule has 1 N–H and O–H groups in total. The maximum Gasteiger partial charge on any atom is 0.0638 e. The maximum atomic E-state index is 7.40. The summed E-state index contributed by atoms with van der Waals surface area (Å²) < 4.78 is 0. The molecule has 0 bridgehead atoms. The van der Waals surface area contributed by atoms with Gasteiger partial charge in [0.15, 0.2) is 0 Å². The molecule has 1 aliphatic rings. The Balaban J connectivity index is 2.19. The van der Waals surface area contributed by atoms with E-state index in [0.717, 1.165) is 17.1 Å². The average molecular weight is 225 g/mol. The van der Waals surface area contributed by atoms with Crippen molar-refractivity contribution in [2.24, 2.45) is 4.99 Å². The molecule has 0 aliphatic heterocycles. The van der Waals surface area contributed by atoms with Crippen molar-refractivity contribution in [2.45, 2.75) is 0 Å². The largest absolute Gasteiger partial charge is 0.378 e. The fraction of sp³-hybridized carbons (Fsp3) is 0.143. The molecule has 0 saturated carbocycles. The van der Waals surface area contributed by atoms with E-state index in [2.05, 4.69) is 9.89 Å². The Morgan fingerprint density at radius 2 is 1.53 bits per heavy atom. The molecular weight excluding hydrogens is 210 g/mol. The molecule has 0 unspecified atom stereocenters. The van der Waals surface area contributed by atoms with E-state index < -0.39 is 0 Å². The minimum absolute atomic E-state index is 0.506. The molecule has 0 heterocycles. The normalized spacial score (nSPS) is 14.0.